The lowest BCUT2D eigenvalue weighted by Gasteiger charge is -2.28. The number of nitrogens with one attached hydrogen (secondary N) is 2. The van der Waals surface area contributed by atoms with Gasteiger partial charge in [-0.05, 0) is 45.0 Å². The number of nitrogens with zero attached hydrogens (tertiary/aromatic N) is 2. The molecule has 0 spiro atoms. The van der Waals surface area contributed by atoms with Crippen LogP contribution in [-0.4, -0.2) is 47.9 Å². The Bertz CT molecular complexity index is 611. The van der Waals surface area contributed by atoms with Gasteiger partial charge in [-0.25, -0.2) is 4.98 Å². The monoisotopic (exact) mass is 375 g/mol. The molecule has 7 heteroatoms. The largest absolute Gasteiger partial charge is 0.384 e. The second kappa shape index (κ2) is 10.3. The quantitative estimate of drug-likeness (QED) is 0.642. The Kier molecular flexibility index (Phi) is 8.03. The van der Waals surface area contributed by atoms with Gasteiger partial charge in [0.25, 0.3) is 0 Å². The van der Waals surface area contributed by atoms with Gasteiger partial charge in [-0.2, -0.15) is 0 Å². The Morgan fingerprint density at radius 1 is 1.22 bits per heavy atom. The Labute approximate surface area is 162 Å². The lowest BCUT2D eigenvalue weighted by atomic mass is 9.84. The number of nitrogens with two attached hydrogens (primary N) is 1. The minimum atomic E-state index is -0.509. The van der Waals surface area contributed by atoms with E-state index < -0.39 is 6.04 Å². The molecule has 2 amide bonds. The van der Waals surface area contributed by atoms with Crippen molar-refractivity contribution in [3.8, 4) is 0 Å². The highest BCUT2D eigenvalue weighted by Crippen LogP contribution is 2.27. The molecular formula is C20H33N5O2. The SMILES string of the molecule is C[C@@H](C(=O)N[C@@H](CC1CCCCC1)C(=O)NCc1ccc(N)nc1)N(C)C. The van der Waals surface area contributed by atoms with E-state index in [4.69, 9.17) is 5.73 Å². The zero-order valence-corrected chi connectivity index (χ0v) is 16.7. The fourth-order valence-electron chi connectivity index (χ4n) is 3.37. The van der Waals surface area contributed by atoms with E-state index in [1.807, 2.05) is 32.0 Å². The molecule has 1 aliphatic rings. The van der Waals surface area contributed by atoms with Crippen LogP contribution >= 0.6 is 0 Å². The summed E-state index contributed by atoms with van der Waals surface area (Å²) < 4.78 is 0. The summed E-state index contributed by atoms with van der Waals surface area (Å²) in [7, 11) is 3.71. The maximum Gasteiger partial charge on any atom is 0.242 e. The van der Waals surface area contributed by atoms with Gasteiger partial charge in [-0.3, -0.25) is 14.5 Å². The van der Waals surface area contributed by atoms with Crippen LogP contribution in [0.5, 0.6) is 0 Å². The van der Waals surface area contributed by atoms with Gasteiger partial charge in [0.2, 0.25) is 11.8 Å². The topological polar surface area (TPSA) is 100 Å². The van der Waals surface area contributed by atoms with Crippen LogP contribution in [0.2, 0.25) is 0 Å². The summed E-state index contributed by atoms with van der Waals surface area (Å²) in [5, 5.41) is 5.90. The lowest BCUT2D eigenvalue weighted by Crippen LogP contribution is -2.52. The van der Waals surface area contributed by atoms with Crippen molar-refractivity contribution in [2.75, 3.05) is 19.8 Å². The molecular weight excluding hydrogens is 342 g/mol. The van der Waals surface area contributed by atoms with Crippen LogP contribution in [0.3, 0.4) is 0 Å². The Hall–Kier alpha value is -2.15. The van der Waals surface area contributed by atoms with E-state index in [-0.39, 0.29) is 17.9 Å². The zero-order valence-electron chi connectivity index (χ0n) is 16.7. The molecule has 7 nitrogen and oxygen atoms in total. The highest BCUT2D eigenvalue weighted by molar-refractivity contribution is 5.89. The van der Waals surface area contributed by atoms with Crippen molar-refractivity contribution in [1.29, 1.82) is 0 Å². The minimum absolute atomic E-state index is 0.120. The van der Waals surface area contributed by atoms with Crippen molar-refractivity contribution in [2.45, 2.75) is 64.1 Å². The normalized spacial score (nSPS) is 17.3. The van der Waals surface area contributed by atoms with Crippen LogP contribution in [0, 0.1) is 5.92 Å². The molecule has 1 fully saturated rings. The molecule has 0 aromatic carbocycles. The van der Waals surface area contributed by atoms with Gasteiger partial charge in [0.15, 0.2) is 0 Å². The van der Waals surface area contributed by atoms with Crippen LogP contribution in [0.15, 0.2) is 18.3 Å². The standard InChI is InChI=1S/C20H33N5O2/c1-14(25(2)3)19(26)24-17(11-15-7-5-4-6-8-15)20(27)23-13-16-9-10-18(21)22-12-16/h9-10,12,14-15,17H,4-8,11,13H2,1-3H3,(H2,21,22)(H,23,27)(H,24,26)/t14-,17-/m0/s1. The predicted molar refractivity (Wildman–Crippen MR) is 107 cm³/mol. The fourth-order valence-corrected chi connectivity index (χ4v) is 3.37. The summed E-state index contributed by atoms with van der Waals surface area (Å²) in [6.45, 7) is 2.21. The maximum absolute atomic E-state index is 12.8. The number of amides is 2. The lowest BCUT2D eigenvalue weighted by molar-refractivity contribution is -0.131. The molecule has 0 saturated heterocycles. The van der Waals surface area contributed by atoms with E-state index in [0.29, 0.717) is 24.7 Å². The molecule has 0 bridgehead atoms. The van der Waals surface area contributed by atoms with Crippen LogP contribution in [-0.2, 0) is 16.1 Å². The van der Waals surface area contributed by atoms with E-state index in [0.717, 1.165) is 18.4 Å². The summed E-state index contributed by atoms with van der Waals surface area (Å²) in [6, 6.07) is 2.75. The van der Waals surface area contributed by atoms with Gasteiger partial charge in [-0.15, -0.1) is 0 Å². The number of hydrogen-bond donors (Lipinski definition) is 3. The van der Waals surface area contributed by atoms with Crippen molar-refractivity contribution < 1.29 is 9.59 Å². The molecule has 1 saturated carbocycles. The number of carbonyl (C=O) groups excluding carboxylic acids is 2. The van der Waals surface area contributed by atoms with Crippen molar-refractivity contribution >= 4 is 17.6 Å². The first-order chi connectivity index (χ1) is 12.9. The first kappa shape index (κ1) is 21.2. The van der Waals surface area contributed by atoms with Gasteiger partial charge in [0.1, 0.15) is 11.9 Å². The van der Waals surface area contributed by atoms with Gasteiger partial charge < -0.3 is 16.4 Å². The summed E-state index contributed by atoms with van der Waals surface area (Å²) >= 11 is 0. The molecule has 2 atom stereocenters. The van der Waals surface area contributed by atoms with Crippen molar-refractivity contribution in [3.63, 3.8) is 0 Å². The maximum atomic E-state index is 12.8. The molecule has 1 aromatic heterocycles. The van der Waals surface area contributed by atoms with Gasteiger partial charge in [-0.1, -0.05) is 38.2 Å². The van der Waals surface area contributed by atoms with Gasteiger partial charge in [0.05, 0.1) is 6.04 Å². The molecule has 27 heavy (non-hydrogen) atoms. The Morgan fingerprint density at radius 3 is 2.52 bits per heavy atom. The van der Waals surface area contributed by atoms with Gasteiger partial charge >= 0.3 is 0 Å². The number of hydrogen-bond acceptors (Lipinski definition) is 5. The second-order valence-corrected chi connectivity index (χ2v) is 7.75. The third-order valence-corrected chi connectivity index (χ3v) is 5.40. The second-order valence-electron chi connectivity index (χ2n) is 7.75. The molecule has 150 valence electrons. The highest BCUT2D eigenvalue weighted by atomic mass is 16.2. The number of anilines is 1. The number of nitrogen functional groups attached to an aromatic ring is 1. The molecule has 4 N–H and O–H groups in total. The van der Waals surface area contributed by atoms with Gasteiger partial charge in [0, 0.05) is 12.7 Å². The average Bonchev–Trinajstić information content (AvgIpc) is 2.66. The van der Waals surface area contributed by atoms with E-state index in [1.54, 1.807) is 12.3 Å². The summed E-state index contributed by atoms with van der Waals surface area (Å²) in [4.78, 5) is 31.2. The summed E-state index contributed by atoms with van der Waals surface area (Å²) in [5.74, 6) is 0.676. The molecule has 0 radical (unpaired) electrons. The van der Waals surface area contributed by atoms with Crippen LogP contribution in [0.4, 0.5) is 5.82 Å². The van der Waals surface area contributed by atoms with Crippen molar-refractivity contribution in [3.05, 3.63) is 23.9 Å². The third-order valence-electron chi connectivity index (χ3n) is 5.40. The van der Waals surface area contributed by atoms with E-state index in [1.165, 1.54) is 19.3 Å². The van der Waals surface area contributed by atoms with Crippen LogP contribution in [0.25, 0.3) is 0 Å². The molecule has 2 rings (SSSR count). The highest BCUT2D eigenvalue weighted by Gasteiger charge is 2.27. The number of pyridine rings is 1. The smallest absolute Gasteiger partial charge is 0.242 e. The molecule has 0 unspecified atom stereocenters. The molecule has 0 aliphatic heterocycles. The van der Waals surface area contributed by atoms with Crippen molar-refractivity contribution in [1.82, 2.24) is 20.5 Å². The summed E-state index contributed by atoms with van der Waals surface area (Å²) in [5.41, 5.74) is 6.47. The molecule has 1 aliphatic carbocycles. The van der Waals surface area contributed by atoms with E-state index >= 15 is 0 Å². The predicted octanol–water partition coefficient (Wildman–Crippen LogP) is 1.69. The average molecular weight is 376 g/mol. The van der Waals surface area contributed by atoms with E-state index in [2.05, 4.69) is 15.6 Å². The first-order valence-electron chi connectivity index (χ1n) is 9.81. The number of rotatable bonds is 8. The Morgan fingerprint density at radius 2 is 1.93 bits per heavy atom. The number of likely N-dealkylation sites (N-methyl/N-ethyl adjacent to an activating group) is 1. The Balaban J connectivity index is 1.98. The van der Waals surface area contributed by atoms with E-state index in [9.17, 15) is 9.59 Å². The zero-order chi connectivity index (χ0) is 19.8. The fraction of sp³-hybridized carbons (Fsp3) is 0.650. The molecule has 1 heterocycles. The number of aromatic nitrogens is 1. The summed E-state index contributed by atoms with van der Waals surface area (Å²) in [6.07, 6.45) is 8.28. The molecule has 1 aromatic rings. The van der Waals surface area contributed by atoms with Crippen LogP contribution < -0.4 is 16.4 Å². The van der Waals surface area contributed by atoms with Crippen LogP contribution in [0.1, 0.15) is 51.0 Å². The minimum Gasteiger partial charge on any atom is -0.384 e. The number of carbonyl (C=O) groups is 2. The third kappa shape index (κ3) is 6.82. The van der Waals surface area contributed by atoms with Crippen molar-refractivity contribution in [2.24, 2.45) is 5.92 Å². The first-order valence-corrected chi connectivity index (χ1v) is 9.81.